The Morgan fingerprint density at radius 1 is 1.67 bits per heavy atom. The van der Waals surface area contributed by atoms with E-state index in [-0.39, 0.29) is 6.15 Å². The first-order valence-electron chi connectivity index (χ1n) is 1.68. The summed E-state index contributed by atoms with van der Waals surface area (Å²) in [7, 11) is 1.47. The van der Waals surface area contributed by atoms with Crippen LogP contribution in [0.5, 0.6) is 0 Å². The summed E-state index contributed by atoms with van der Waals surface area (Å²) in [5, 5.41) is 3.92. The molecule has 2 amide bonds. The van der Waals surface area contributed by atoms with Gasteiger partial charge in [-0.3, -0.25) is 5.84 Å². The van der Waals surface area contributed by atoms with Crippen molar-refractivity contribution in [2.45, 2.75) is 0 Å². The lowest BCUT2D eigenvalue weighted by atomic mass is 11.1. The van der Waals surface area contributed by atoms with Gasteiger partial charge in [-0.05, 0) is 0 Å². The van der Waals surface area contributed by atoms with Crippen LogP contribution in [0.4, 0.5) is 4.79 Å². The maximum absolute atomic E-state index is 9.48. The summed E-state index contributed by atoms with van der Waals surface area (Å²) >= 11 is 0. The predicted molar refractivity (Wildman–Crippen MR) is 33.6 cm³/mol. The second-order valence-corrected chi connectivity index (χ2v) is 0.720. The Hall–Kier alpha value is -1.37. The first-order chi connectivity index (χ1) is 3.68. The van der Waals surface area contributed by atoms with Crippen LogP contribution in [0.2, 0.25) is 0 Å². The van der Waals surface area contributed by atoms with Crippen molar-refractivity contribution in [2.75, 3.05) is 7.05 Å². The largest absolute Gasteiger partial charge is 0.352 e. The third-order valence-corrected chi connectivity index (χ3v) is 0.246. The summed E-state index contributed by atoms with van der Waals surface area (Å²) < 4.78 is 0. The number of nitrogens with zero attached hydrogens (tertiary/aromatic N) is 1. The fourth-order valence-electron chi connectivity index (χ4n) is 0. The number of hydrogen-bond acceptors (Lipinski definition) is 4. The van der Waals surface area contributed by atoms with E-state index in [0.717, 1.165) is 0 Å². The SMILES string of the molecule is CNC(N)=O.N.NN=O. The van der Waals surface area contributed by atoms with E-state index < -0.39 is 6.03 Å². The lowest BCUT2D eigenvalue weighted by Crippen LogP contribution is -2.24. The molecule has 0 bridgehead atoms. The van der Waals surface area contributed by atoms with Crippen molar-refractivity contribution >= 4 is 6.03 Å². The van der Waals surface area contributed by atoms with Crippen LogP contribution in [-0.2, 0) is 0 Å². The summed E-state index contributed by atoms with van der Waals surface area (Å²) in [5.41, 5.74) is 4.54. The van der Waals surface area contributed by atoms with Crippen molar-refractivity contribution in [1.82, 2.24) is 11.5 Å². The maximum atomic E-state index is 9.48. The Morgan fingerprint density at radius 2 is 1.78 bits per heavy atom. The van der Waals surface area contributed by atoms with Gasteiger partial charge in [-0.2, -0.15) is 0 Å². The van der Waals surface area contributed by atoms with Gasteiger partial charge in [-0.1, -0.05) is 0 Å². The maximum Gasteiger partial charge on any atom is 0.311 e. The van der Waals surface area contributed by atoms with Crippen molar-refractivity contribution in [1.29, 1.82) is 0 Å². The van der Waals surface area contributed by atoms with E-state index in [0.29, 0.717) is 0 Å². The predicted octanol–water partition coefficient (Wildman–Crippen LogP) is -0.927. The Labute approximate surface area is 52.3 Å². The van der Waals surface area contributed by atoms with Crippen LogP contribution < -0.4 is 23.0 Å². The Bertz CT molecular complexity index is 73.4. The molecule has 7 nitrogen and oxygen atoms in total. The van der Waals surface area contributed by atoms with Gasteiger partial charge in [0.25, 0.3) is 0 Å². The first-order valence-corrected chi connectivity index (χ1v) is 1.68. The molecule has 0 heterocycles. The fourth-order valence-corrected chi connectivity index (χ4v) is 0. The Kier molecular flexibility index (Phi) is 27.7. The van der Waals surface area contributed by atoms with E-state index in [4.69, 9.17) is 4.91 Å². The molecule has 0 fully saturated rings. The van der Waals surface area contributed by atoms with Gasteiger partial charge < -0.3 is 17.2 Å². The monoisotopic (exact) mass is 137 g/mol. The molecule has 0 unspecified atom stereocenters. The number of hydrogen-bond donors (Lipinski definition) is 4. The second kappa shape index (κ2) is 15.9. The Balaban J connectivity index is -0.0000000800. The Morgan fingerprint density at radius 3 is 1.78 bits per heavy atom. The number of carbonyl (C=O) groups is 1. The average Bonchev–Trinajstić information content (AvgIpc) is 1.69. The van der Waals surface area contributed by atoms with Gasteiger partial charge in [0.05, 0.1) is 0 Å². The number of rotatable bonds is 0. The molecule has 0 aromatic carbocycles. The molecule has 56 valence electrons. The fraction of sp³-hybridized carbons (Fsp3) is 0.500. The number of nitroso groups, excluding NO2 is 1. The number of primary amides is 1. The van der Waals surface area contributed by atoms with Crippen molar-refractivity contribution in [3.8, 4) is 0 Å². The number of nitrogens with one attached hydrogen (secondary N) is 1. The second-order valence-electron chi connectivity index (χ2n) is 0.720. The zero-order valence-corrected chi connectivity index (χ0v) is 5.13. The van der Waals surface area contributed by atoms with E-state index in [1.165, 1.54) is 7.05 Å². The van der Waals surface area contributed by atoms with Gasteiger partial charge in [-0.25, -0.2) is 4.79 Å². The highest BCUT2D eigenvalue weighted by molar-refractivity contribution is 5.71. The van der Waals surface area contributed by atoms with E-state index in [1.54, 1.807) is 5.29 Å². The van der Waals surface area contributed by atoms with Crippen LogP contribution in [0.1, 0.15) is 0 Å². The van der Waals surface area contributed by atoms with E-state index in [9.17, 15) is 4.79 Å². The molecule has 7 heteroatoms. The lowest BCUT2D eigenvalue weighted by Gasteiger charge is -1.80. The molecule has 0 rings (SSSR count). The van der Waals surface area contributed by atoms with E-state index in [2.05, 4.69) is 16.9 Å². The molecule has 0 saturated heterocycles. The molecule has 9 heavy (non-hydrogen) atoms. The minimum atomic E-state index is -0.495. The molecule has 0 aliphatic rings. The molecule has 0 aliphatic heterocycles. The smallest absolute Gasteiger partial charge is 0.311 e. The van der Waals surface area contributed by atoms with Crippen molar-refractivity contribution in [3.05, 3.63) is 4.91 Å². The lowest BCUT2D eigenvalue weighted by molar-refractivity contribution is 0.251. The highest BCUT2D eigenvalue weighted by atomic mass is 16.3. The van der Waals surface area contributed by atoms with Crippen LogP contribution in [0.3, 0.4) is 0 Å². The summed E-state index contributed by atoms with van der Waals surface area (Å²) in [6.45, 7) is 0. The van der Waals surface area contributed by atoms with Crippen LogP contribution in [0.15, 0.2) is 5.29 Å². The van der Waals surface area contributed by atoms with Crippen molar-refractivity contribution in [3.63, 3.8) is 0 Å². The zero-order valence-electron chi connectivity index (χ0n) is 5.13. The normalized spacial score (nSPS) is 5.00. The van der Waals surface area contributed by atoms with Gasteiger partial charge in [0.2, 0.25) is 0 Å². The highest BCUT2D eigenvalue weighted by Gasteiger charge is 1.72. The van der Waals surface area contributed by atoms with Crippen LogP contribution in [0, 0.1) is 4.91 Å². The number of amides is 2. The topological polar surface area (TPSA) is 146 Å². The minimum absolute atomic E-state index is 0. The van der Waals surface area contributed by atoms with Gasteiger partial charge in [-0.15, -0.1) is 4.91 Å². The molecule has 0 aromatic rings. The summed E-state index contributed by atoms with van der Waals surface area (Å²) in [6, 6.07) is -0.495. The molecule has 0 saturated carbocycles. The standard InChI is InChI=1S/C2H6N2O.H2N2O.H3N/c1-4-2(3)5;1-2-3;/h1H3,(H3,3,4,5);(H2,1,3);1H3. The number of nitrogens with two attached hydrogens (primary N) is 2. The van der Waals surface area contributed by atoms with Gasteiger partial charge in [0.15, 0.2) is 0 Å². The van der Waals surface area contributed by atoms with Gasteiger partial charge >= 0.3 is 6.03 Å². The van der Waals surface area contributed by atoms with E-state index in [1.807, 2.05) is 0 Å². The summed E-state index contributed by atoms with van der Waals surface area (Å²) in [6.07, 6.45) is 0. The quantitative estimate of drug-likeness (QED) is 0.194. The molecule has 0 radical (unpaired) electrons. The molecule has 0 spiro atoms. The van der Waals surface area contributed by atoms with Crippen LogP contribution >= 0.6 is 0 Å². The highest BCUT2D eigenvalue weighted by Crippen LogP contribution is 1.38. The number of carbonyl (C=O) groups excluding carboxylic acids is 1. The number of urea groups is 1. The van der Waals surface area contributed by atoms with Gasteiger partial charge in [0.1, 0.15) is 0 Å². The molecular formula is C2H11N5O2. The third kappa shape index (κ3) is 358. The molecule has 0 aliphatic carbocycles. The molecule has 0 atom stereocenters. The zero-order chi connectivity index (χ0) is 6.99. The van der Waals surface area contributed by atoms with Crippen molar-refractivity contribution < 1.29 is 4.79 Å². The molecule has 8 N–H and O–H groups in total. The van der Waals surface area contributed by atoms with E-state index >= 15 is 0 Å². The summed E-state index contributed by atoms with van der Waals surface area (Å²) in [4.78, 5) is 17.8. The van der Waals surface area contributed by atoms with Crippen LogP contribution in [-0.4, -0.2) is 13.1 Å². The van der Waals surface area contributed by atoms with Crippen molar-refractivity contribution in [2.24, 2.45) is 16.9 Å². The van der Waals surface area contributed by atoms with Crippen LogP contribution in [0.25, 0.3) is 0 Å². The first kappa shape index (κ1) is 15.6. The summed E-state index contributed by atoms with van der Waals surface area (Å²) in [5.74, 6) is 3.92. The van der Waals surface area contributed by atoms with Gasteiger partial charge in [0, 0.05) is 12.3 Å². The minimum Gasteiger partial charge on any atom is -0.352 e. The molecule has 0 aromatic heterocycles. The third-order valence-electron chi connectivity index (χ3n) is 0.246. The molecular weight excluding hydrogens is 126 g/mol. The average molecular weight is 137 g/mol.